The molecule has 0 bridgehead atoms. The molecule has 1 aromatic heterocycles. The third-order valence-corrected chi connectivity index (χ3v) is 4.14. The van der Waals surface area contributed by atoms with Gasteiger partial charge in [-0.05, 0) is 53.4 Å². The fourth-order valence-corrected chi connectivity index (χ4v) is 2.99. The van der Waals surface area contributed by atoms with E-state index in [1.807, 2.05) is 12.1 Å². The van der Waals surface area contributed by atoms with Gasteiger partial charge in [0.05, 0.1) is 6.04 Å². The van der Waals surface area contributed by atoms with Crippen molar-refractivity contribution in [3.05, 3.63) is 22.6 Å². The van der Waals surface area contributed by atoms with Crippen LogP contribution < -0.4 is 5.73 Å². The van der Waals surface area contributed by atoms with Gasteiger partial charge in [-0.15, -0.1) is 0 Å². The number of hydrogen-bond acceptors (Lipinski definition) is 3. The highest BCUT2D eigenvalue weighted by atomic mass is 79.9. The molecule has 4 heteroatoms. The van der Waals surface area contributed by atoms with Gasteiger partial charge in [-0.3, -0.25) is 4.90 Å². The van der Waals surface area contributed by atoms with Crippen molar-refractivity contribution in [1.82, 2.24) is 4.90 Å². The molecule has 1 aliphatic heterocycles. The molecule has 2 heterocycles. The van der Waals surface area contributed by atoms with Gasteiger partial charge in [0.25, 0.3) is 0 Å². The van der Waals surface area contributed by atoms with Crippen LogP contribution in [-0.4, -0.2) is 24.5 Å². The number of piperidine rings is 1. The maximum atomic E-state index is 5.91. The Morgan fingerprint density at radius 1 is 1.59 bits per heavy atom. The molecule has 2 atom stereocenters. The number of halogens is 1. The van der Waals surface area contributed by atoms with Gasteiger partial charge in [0.15, 0.2) is 4.67 Å². The molecule has 3 nitrogen and oxygen atoms in total. The molecule has 2 N–H and O–H groups in total. The summed E-state index contributed by atoms with van der Waals surface area (Å²) in [6, 6.07) is 4.20. The number of nitrogens with two attached hydrogens (primary N) is 1. The van der Waals surface area contributed by atoms with E-state index >= 15 is 0 Å². The molecule has 1 aliphatic rings. The molecule has 17 heavy (non-hydrogen) atoms. The Hall–Kier alpha value is -0.320. The zero-order chi connectivity index (χ0) is 12.3. The van der Waals surface area contributed by atoms with Gasteiger partial charge in [0, 0.05) is 13.1 Å². The van der Waals surface area contributed by atoms with Crippen LogP contribution in [0.4, 0.5) is 0 Å². The Kier molecular flexibility index (Phi) is 4.65. The molecule has 96 valence electrons. The number of hydrogen-bond donors (Lipinski definition) is 1. The van der Waals surface area contributed by atoms with E-state index in [9.17, 15) is 0 Å². The Morgan fingerprint density at radius 2 is 2.41 bits per heavy atom. The molecule has 0 aromatic carbocycles. The summed E-state index contributed by atoms with van der Waals surface area (Å²) >= 11 is 3.35. The summed E-state index contributed by atoms with van der Waals surface area (Å²) in [6.45, 7) is 5.18. The van der Waals surface area contributed by atoms with Crippen LogP contribution >= 0.6 is 15.9 Å². The minimum Gasteiger partial charge on any atom is -0.453 e. The van der Waals surface area contributed by atoms with E-state index < -0.39 is 0 Å². The fourth-order valence-electron chi connectivity index (χ4n) is 2.67. The van der Waals surface area contributed by atoms with E-state index in [2.05, 4.69) is 27.8 Å². The number of likely N-dealkylation sites (tertiary alicyclic amines) is 1. The van der Waals surface area contributed by atoms with E-state index in [1.54, 1.807) is 0 Å². The largest absolute Gasteiger partial charge is 0.453 e. The lowest BCUT2D eigenvalue weighted by Gasteiger charge is -2.36. The summed E-state index contributed by atoms with van der Waals surface area (Å²) in [7, 11) is 0. The van der Waals surface area contributed by atoms with Crippen LogP contribution in [0.5, 0.6) is 0 Å². The average molecular weight is 301 g/mol. The molecule has 0 spiro atoms. The van der Waals surface area contributed by atoms with Gasteiger partial charge in [-0.2, -0.15) is 0 Å². The van der Waals surface area contributed by atoms with Crippen molar-refractivity contribution >= 4 is 15.9 Å². The molecule has 1 saturated heterocycles. The Morgan fingerprint density at radius 3 is 3.00 bits per heavy atom. The summed E-state index contributed by atoms with van der Waals surface area (Å²) < 4.78 is 6.44. The Bertz CT molecular complexity index is 353. The van der Waals surface area contributed by atoms with Crippen molar-refractivity contribution in [3.63, 3.8) is 0 Å². The van der Waals surface area contributed by atoms with E-state index in [0.717, 1.165) is 29.4 Å². The normalized spacial score (nSPS) is 23.8. The maximum Gasteiger partial charge on any atom is 0.169 e. The second-order valence-corrected chi connectivity index (χ2v) is 5.59. The molecule has 2 rings (SSSR count). The lowest BCUT2D eigenvalue weighted by molar-refractivity contribution is 0.111. The first-order chi connectivity index (χ1) is 8.24. The minimum absolute atomic E-state index is 0.232. The molecule has 0 amide bonds. The van der Waals surface area contributed by atoms with E-state index in [4.69, 9.17) is 10.2 Å². The van der Waals surface area contributed by atoms with Crippen molar-refractivity contribution in [2.75, 3.05) is 19.6 Å². The van der Waals surface area contributed by atoms with Crippen molar-refractivity contribution < 1.29 is 4.42 Å². The highest BCUT2D eigenvalue weighted by Gasteiger charge is 2.27. The summed E-state index contributed by atoms with van der Waals surface area (Å²) in [6.07, 6.45) is 3.89. The van der Waals surface area contributed by atoms with Gasteiger partial charge < -0.3 is 10.2 Å². The number of rotatable bonds is 4. The van der Waals surface area contributed by atoms with Crippen LogP contribution in [0.1, 0.15) is 38.0 Å². The lowest BCUT2D eigenvalue weighted by atomic mass is 9.94. The van der Waals surface area contributed by atoms with Crippen molar-refractivity contribution in [3.8, 4) is 0 Å². The van der Waals surface area contributed by atoms with Crippen LogP contribution in [0.15, 0.2) is 21.2 Å². The average Bonchev–Trinajstić information content (AvgIpc) is 2.77. The van der Waals surface area contributed by atoms with Crippen LogP contribution in [0.2, 0.25) is 0 Å². The lowest BCUT2D eigenvalue weighted by Crippen LogP contribution is -2.40. The molecular weight excluding hydrogens is 280 g/mol. The zero-order valence-electron chi connectivity index (χ0n) is 10.4. The number of furan rings is 1. The molecule has 1 fully saturated rings. The van der Waals surface area contributed by atoms with Gasteiger partial charge in [0.1, 0.15) is 5.76 Å². The van der Waals surface area contributed by atoms with Gasteiger partial charge in [-0.25, -0.2) is 0 Å². The van der Waals surface area contributed by atoms with Crippen molar-refractivity contribution in [2.24, 2.45) is 11.7 Å². The Balaban J connectivity index is 2.07. The van der Waals surface area contributed by atoms with E-state index in [-0.39, 0.29) is 6.04 Å². The first kappa shape index (κ1) is 13.1. The minimum atomic E-state index is 0.232. The fraction of sp³-hybridized carbons (Fsp3) is 0.692. The molecule has 0 saturated carbocycles. The standard InChI is InChI=1S/C13H21BrN2O/c1-2-10-4-3-7-16(9-10)11(8-15)12-5-6-13(14)17-12/h5-6,10-11H,2-4,7-9,15H2,1H3. The van der Waals surface area contributed by atoms with Crippen LogP contribution in [0.3, 0.4) is 0 Å². The topological polar surface area (TPSA) is 42.4 Å². The second kappa shape index (κ2) is 6.03. The quantitative estimate of drug-likeness (QED) is 0.929. The monoisotopic (exact) mass is 300 g/mol. The van der Waals surface area contributed by atoms with E-state index in [1.165, 1.54) is 19.3 Å². The van der Waals surface area contributed by atoms with Crippen molar-refractivity contribution in [1.29, 1.82) is 0 Å². The third kappa shape index (κ3) is 3.12. The van der Waals surface area contributed by atoms with Crippen LogP contribution in [0, 0.1) is 5.92 Å². The third-order valence-electron chi connectivity index (χ3n) is 3.71. The molecule has 2 unspecified atom stereocenters. The highest BCUT2D eigenvalue weighted by molar-refractivity contribution is 9.10. The molecule has 0 aliphatic carbocycles. The number of nitrogens with zero attached hydrogens (tertiary/aromatic N) is 1. The molecule has 1 aromatic rings. The maximum absolute atomic E-state index is 5.91. The summed E-state index contributed by atoms with van der Waals surface area (Å²) in [4.78, 5) is 2.48. The zero-order valence-corrected chi connectivity index (χ0v) is 11.9. The Labute approximate surface area is 111 Å². The van der Waals surface area contributed by atoms with Crippen LogP contribution in [0.25, 0.3) is 0 Å². The van der Waals surface area contributed by atoms with Gasteiger partial charge in [0.2, 0.25) is 0 Å². The van der Waals surface area contributed by atoms with E-state index in [0.29, 0.717) is 6.54 Å². The first-order valence-corrected chi connectivity index (χ1v) is 7.23. The first-order valence-electron chi connectivity index (χ1n) is 6.44. The molecular formula is C13H21BrN2O. The second-order valence-electron chi connectivity index (χ2n) is 4.80. The predicted molar refractivity (Wildman–Crippen MR) is 72.8 cm³/mol. The smallest absolute Gasteiger partial charge is 0.169 e. The highest BCUT2D eigenvalue weighted by Crippen LogP contribution is 2.29. The predicted octanol–water partition coefficient (Wildman–Crippen LogP) is 3.16. The van der Waals surface area contributed by atoms with Gasteiger partial charge in [-0.1, -0.05) is 13.3 Å². The van der Waals surface area contributed by atoms with Crippen LogP contribution in [-0.2, 0) is 0 Å². The van der Waals surface area contributed by atoms with Gasteiger partial charge >= 0.3 is 0 Å². The summed E-state index contributed by atoms with van der Waals surface area (Å²) in [5, 5.41) is 0. The SMILES string of the molecule is CCC1CCCN(C(CN)c2ccc(Br)o2)C1. The summed E-state index contributed by atoms with van der Waals surface area (Å²) in [5.41, 5.74) is 5.91. The summed E-state index contributed by atoms with van der Waals surface area (Å²) in [5.74, 6) is 1.80. The molecule has 0 radical (unpaired) electrons. The van der Waals surface area contributed by atoms with Crippen molar-refractivity contribution in [2.45, 2.75) is 32.2 Å².